The van der Waals surface area contributed by atoms with Crippen molar-refractivity contribution in [2.75, 3.05) is 6.54 Å². The van der Waals surface area contributed by atoms with Crippen molar-refractivity contribution >= 4 is 5.91 Å². The first-order valence-corrected chi connectivity index (χ1v) is 7.50. The zero-order chi connectivity index (χ0) is 13.2. The van der Waals surface area contributed by atoms with E-state index >= 15 is 0 Å². The van der Waals surface area contributed by atoms with Crippen LogP contribution in [0.5, 0.6) is 0 Å². The van der Waals surface area contributed by atoms with Gasteiger partial charge in [0.25, 0.3) is 0 Å². The maximum atomic E-state index is 12.3. The maximum Gasteiger partial charge on any atom is 0.224 e. The Kier molecular flexibility index (Phi) is 4.00. The van der Waals surface area contributed by atoms with E-state index in [2.05, 4.69) is 12.2 Å². The van der Waals surface area contributed by atoms with Crippen LogP contribution in [0, 0.1) is 11.3 Å². The molecule has 0 spiro atoms. The average molecular weight is 252 g/mol. The van der Waals surface area contributed by atoms with Gasteiger partial charge >= 0.3 is 0 Å². The molecule has 1 amide bonds. The van der Waals surface area contributed by atoms with Crippen LogP contribution in [0.1, 0.15) is 65.2 Å². The Morgan fingerprint density at radius 2 is 1.78 bits per heavy atom. The monoisotopic (exact) mass is 252 g/mol. The molecule has 2 rings (SSSR count). The van der Waals surface area contributed by atoms with E-state index in [1.54, 1.807) is 0 Å². The summed E-state index contributed by atoms with van der Waals surface area (Å²) in [6.45, 7) is 5.16. The molecule has 2 atom stereocenters. The van der Waals surface area contributed by atoms with Gasteiger partial charge in [0.05, 0.1) is 5.92 Å². The Morgan fingerprint density at radius 3 is 2.39 bits per heavy atom. The minimum atomic E-state index is -0.307. The molecule has 0 aliphatic heterocycles. The molecule has 2 saturated carbocycles. The van der Waals surface area contributed by atoms with Crippen LogP contribution in [0.15, 0.2) is 0 Å². The fraction of sp³-hybridized carbons (Fsp3) is 0.933. The molecule has 0 aromatic heterocycles. The Bertz CT molecular complexity index is 306. The molecule has 2 aliphatic carbocycles. The van der Waals surface area contributed by atoms with Crippen molar-refractivity contribution in [3.05, 3.63) is 0 Å². The first kappa shape index (κ1) is 13.9. The number of hydrogen-bond acceptors (Lipinski definition) is 2. The highest BCUT2D eigenvalue weighted by atomic mass is 16.1. The Morgan fingerprint density at radius 1 is 1.17 bits per heavy atom. The quantitative estimate of drug-likeness (QED) is 0.811. The summed E-state index contributed by atoms with van der Waals surface area (Å²) in [5, 5.41) is 3.17. The van der Waals surface area contributed by atoms with Crippen molar-refractivity contribution in [1.82, 2.24) is 5.32 Å². The van der Waals surface area contributed by atoms with Gasteiger partial charge in [-0.1, -0.05) is 32.6 Å². The molecule has 2 aliphatic rings. The van der Waals surface area contributed by atoms with E-state index in [0.29, 0.717) is 5.41 Å². The molecule has 0 bridgehead atoms. The van der Waals surface area contributed by atoms with E-state index in [4.69, 9.17) is 5.73 Å². The highest BCUT2D eigenvalue weighted by molar-refractivity contribution is 5.80. The number of hydrogen-bond donors (Lipinski definition) is 2. The second-order valence-corrected chi connectivity index (χ2v) is 7.04. The summed E-state index contributed by atoms with van der Waals surface area (Å²) in [5.74, 6) is 0.198. The summed E-state index contributed by atoms with van der Waals surface area (Å²) in [5.41, 5.74) is 6.30. The number of rotatable bonds is 3. The van der Waals surface area contributed by atoms with Crippen molar-refractivity contribution < 1.29 is 4.79 Å². The van der Waals surface area contributed by atoms with Crippen LogP contribution in [0.2, 0.25) is 0 Å². The smallest absolute Gasteiger partial charge is 0.224 e. The van der Waals surface area contributed by atoms with Crippen molar-refractivity contribution in [3.63, 3.8) is 0 Å². The van der Waals surface area contributed by atoms with Crippen LogP contribution in [-0.2, 0) is 4.79 Å². The summed E-state index contributed by atoms with van der Waals surface area (Å²) < 4.78 is 0. The largest absolute Gasteiger partial charge is 0.355 e. The molecule has 0 aromatic rings. The van der Waals surface area contributed by atoms with E-state index < -0.39 is 0 Å². The van der Waals surface area contributed by atoms with Crippen LogP contribution in [0.25, 0.3) is 0 Å². The summed E-state index contributed by atoms with van der Waals surface area (Å²) >= 11 is 0. The molecule has 3 nitrogen and oxygen atoms in total. The van der Waals surface area contributed by atoms with Crippen molar-refractivity contribution in [2.24, 2.45) is 17.1 Å². The molecule has 0 aromatic carbocycles. The van der Waals surface area contributed by atoms with Gasteiger partial charge in [-0.15, -0.1) is 0 Å². The molecule has 2 fully saturated rings. The highest BCUT2D eigenvalue weighted by Crippen LogP contribution is 2.37. The predicted octanol–water partition coefficient (Wildman–Crippen LogP) is 2.59. The lowest BCUT2D eigenvalue weighted by atomic mass is 9.74. The van der Waals surface area contributed by atoms with Gasteiger partial charge in [-0.25, -0.2) is 0 Å². The Labute approximate surface area is 111 Å². The summed E-state index contributed by atoms with van der Waals surface area (Å²) in [7, 11) is 0. The number of carbonyl (C=O) groups is 1. The summed E-state index contributed by atoms with van der Waals surface area (Å²) in [4.78, 5) is 12.3. The van der Waals surface area contributed by atoms with E-state index in [0.717, 1.165) is 32.2 Å². The molecular formula is C15H28N2O. The van der Waals surface area contributed by atoms with Gasteiger partial charge in [0.2, 0.25) is 5.91 Å². The lowest BCUT2D eigenvalue weighted by Crippen LogP contribution is -2.53. The van der Waals surface area contributed by atoms with Crippen molar-refractivity contribution in [1.29, 1.82) is 0 Å². The number of nitrogens with two attached hydrogens (primary N) is 1. The summed E-state index contributed by atoms with van der Waals surface area (Å²) in [6.07, 6.45) is 9.35. The Hall–Kier alpha value is -0.570. The average Bonchev–Trinajstić information content (AvgIpc) is 2.73. The van der Waals surface area contributed by atoms with E-state index in [9.17, 15) is 4.79 Å². The zero-order valence-corrected chi connectivity index (χ0v) is 11.9. The summed E-state index contributed by atoms with van der Waals surface area (Å²) in [6, 6.07) is 0. The highest BCUT2D eigenvalue weighted by Gasteiger charge is 2.38. The van der Waals surface area contributed by atoms with E-state index in [-0.39, 0.29) is 17.4 Å². The third-order valence-corrected chi connectivity index (χ3v) is 5.07. The van der Waals surface area contributed by atoms with Gasteiger partial charge < -0.3 is 11.1 Å². The fourth-order valence-corrected chi connectivity index (χ4v) is 3.62. The van der Waals surface area contributed by atoms with E-state index in [1.165, 1.54) is 25.7 Å². The maximum absolute atomic E-state index is 12.3. The van der Waals surface area contributed by atoms with Crippen molar-refractivity contribution in [3.8, 4) is 0 Å². The van der Waals surface area contributed by atoms with Gasteiger partial charge in [-0.05, 0) is 38.0 Å². The first-order valence-electron chi connectivity index (χ1n) is 7.50. The second-order valence-electron chi connectivity index (χ2n) is 7.04. The minimum Gasteiger partial charge on any atom is -0.355 e. The molecule has 2 unspecified atom stereocenters. The normalized spacial score (nSPS) is 35.4. The molecule has 0 radical (unpaired) electrons. The molecule has 104 valence electrons. The molecular weight excluding hydrogens is 224 g/mol. The molecule has 0 saturated heterocycles. The van der Waals surface area contributed by atoms with Gasteiger partial charge in [0.1, 0.15) is 0 Å². The standard InChI is InChI=1S/C15H28N2O/c1-14(8-5-6-9-14)11-17-13(18)12-7-3-4-10-15(12,2)16/h12H,3-11,16H2,1-2H3,(H,17,18). The van der Waals surface area contributed by atoms with Crippen LogP contribution >= 0.6 is 0 Å². The third kappa shape index (κ3) is 3.05. The molecule has 18 heavy (non-hydrogen) atoms. The van der Waals surface area contributed by atoms with Gasteiger partial charge in [-0.2, -0.15) is 0 Å². The van der Waals surface area contributed by atoms with Crippen LogP contribution in [0.3, 0.4) is 0 Å². The van der Waals surface area contributed by atoms with Crippen LogP contribution in [-0.4, -0.2) is 18.0 Å². The van der Waals surface area contributed by atoms with Gasteiger partial charge in [0, 0.05) is 12.1 Å². The minimum absolute atomic E-state index is 0.0104. The molecule has 3 heteroatoms. The van der Waals surface area contributed by atoms with Gasteiger partial charge in [0.15, 0.2) is 0 Å². The third-order valence-electron chi connectivity index (χ3n) is 5.07. The number of amides is 1. The van der Waals surface area contributed by atoms with Crippen LogP contribution < -0.4 is 11.1 Å². The Balaban J connectivity index is 1.87. The predicted molar refractivity (Wildman–Crippen MR) is 74.1 cm³/mol. The topological polar surface area (TPSA) is 55.1 Å². The molecule has 3 N–H and O–H groups in total. The van der Waals surface area contributed by atoms with Crippen LogP contribution in [0.4, 0.5) is 0 Å². The van der Waals surface area contributed by atoms with E-state index in [1.807, 2.05) is 6.92 Å². The second kappa shape index (κ2) is 5.20. The fourth-order valence-electron chi connectivity index (χ4n) is 3.62. The lowest BCUT2D eigenvalue weighted by molar-refractivity contribution is -0.128. The SMILES string of the molecule is CC1(CNC(=O)C2CCCCC2(C)N)CCCC1. The number of nitrogens with one attached hydrogen (secondary N) is 1. The zero-order valence-electron chi connectivity index (χ0n) is 11.9. The molecule has 0 heterocycles. The van der Waals surface area contributed by atoms with Crippen molar-refractivity contribution in [2.45, 2.75) is 70.8 Å². The lowest BCUT2D eigenvalue weighted by Gasteiger charge is -2.38. The first-order chi connectivity index (χ1) is 8.43. The number of carbonyl (C=O) groups excluding carboxylic acids is 1. The van der Waals surface area contributed by atoms with Gasteiger partial charge in [-0.3, -0.25) is 4.79 Å².